The second-order valence-corrected chi connectivity index (χ2v) is 11.1. The van der Waals surface area contributed by atoms with E-state index < -0.39 is 11.5 Å². The van der Waals surface area contributed by atoms with Gasteiger partial charge in [0.25, 0.3) is 5.91 Å². The van der Waals surface area contributed by atoms with Crippen molar-refractivity contribution in [2.24, 2.45) is 17.6 Å². The van der Waals surface area contributed by atoms with Crippen molar-refractivity contribution in [3.05, 3.63) is 71.4 Å². The molecule has 190 valence electrons. The van der Waals surface area contributed by atoms with Crippen molar-refractivity contribution in [1.29, 1.82) is 0 Å². The fraction of sp³-hybridized carbons (Fsp3) is 0.444. The van der Waals surface area contributed by atoms with Crippen LogP contribution >= 0.6 is 0 Å². The lowest BCUT2D eigenvalue weighted by atomic mass is 9.63. The maximum atomic E-state index is 11.4. The van der Waals surface area contributed by atoms with Gasteiger partial charge in [0, 0.05) is 31.0 Å². The average Bonchev–Trinajstić information content (AvgIpc) is 3.70. The maximum absolute atomic E-state index is 11.4. The molecular weight excluding hydrogens is 468 g/mol. The third-order valence-corrected chi connectivity index (χ3v) is 8.75. The van der Waals surface area contributed by atoms with Crippen LogP contribution in [0, 0.1) is 18.8 Å². The number of hydrogen-bond donors (Lipinski definition) is 1. The molecule has 10 nitrogen and oxygen atoms in total. The maximum Gasteiger partial charge on any atom is 0.270 e. The molecule has 2 bridgehead atoms. The van der Waals surface area contributed by atoms with E-state index in [9.17, 15) is 4.79 Å². The van der Waals surface area contributed by atoms with Crippen LogP contribution in [-0.2, 0) is 22.3 Å². The fourth-order valence-corrected chi connectivity index (χ4v) is 6.56. The molecule has 1 aliphatic carbocycles. The lowest BCUT2D eigenvalue weighted by molar-refractivity contribution is -0.0725. The number of hydrogen-bond acceptors (Lipinski definition) is 7. The minimum absolute atomic E-state index is 0.123. The van der Waals surface area contributed by atoms with Crippen molar-refractivity contribution < 1.29 is 9.53 Å². The number of primary amides is 1. The molecule has 37 heavy (non-hydrogen) atoms. The van der Waals surface area contributed by atoms with Gasteiger partial charge in [-0.15, -0.1) is 10.2 Å². The van der Waals surface area contributed by atoms with Crippen LogP contribution in [0.25, 0.3) is 5.65 Å². The first-order valence-electron chi connectivity index (χ1n) is 12.9. The van der Waals surface area contributed by atoms with Gasteiger partial charge in [0.2, 0.25) is 0 Å². The summed E-state index contributed by atoms with van der Waals surface area (Å²) in [5.41, 5.74) is 9.59. The highest BCUT2D eigenvalue weighted by Gasteiger charge is 2.64. The summed E-state index contributed by atoms with van der Waals surface area (Å²) in [7, 11) is 0. The first-order chi connectivity index (χ1) is 17.8. The van der Waals surface area contributed by atoms with Gasteiger partial charge in [-0.05, 0) is 42.9 Å². The monoisotopic (exact) mass is 498 g/mol. The van der Waals surface area contributed by atoms with Gasteiger partial charge in [0.1, 0.15) is 5.60 Å². The number of aromatic nitrogens is 6. The van der Waals surface area contributed by atoms with Gasteiger partial charge in [-0.3, -0.25) is 9.48 Å². The summed E-state index contributed by atoms with van der Waals surface area (Å²) in [5, 5.41) is 12.9. The number of amides is 1. The molecule has 3 unspecified atom stereocenters. The SMILES string of the molecule is Cc1cc(N2CC[C@](C)(c3ccccc3)C2)cn2nc(C34CC(CO3)C4Cn3cc(C(N)=O)nn3)nc12. The average molecular weight is 499 g/mol. The topological polar surface area (TPSA) is 116 Å². The lowest BCUT2D eigenvalue weighted by Crippen LogP contribution is -2.48. The highest BCUT2D eigenvalue weighted by Crippen LogP contribution is 2.59. The molecule has 8 rings (SSSR count). The number of nitrogens with two attached hydrogens (primary N) is 1. The van der Waals surface area contributed by atoms with Gasteiger partial charge in [-0.2, -0.15) is 0 Å². The second-order valence-electron chi connectivity index (χ2n) is 11.1. The Morgan fingerprint density at radius 3 is 2.84 bits per heavy atom. The quantitative estimate of drug-likeness (QED) is 0.434. The van der Waals surface area contributed by atoms with Crippen molar-refractivity contribution in [3.63, 3.8) is 0 Å². The molecule has 0 spiro atoms. The van der Waals surface area contributed by atoms with E-state index in [2.05, 4.69) is 71.7 Å². The molecule has 3 aliphatic heterocycles. The number of nitrogens with zero attached hydrogens (tertiary/aromatic N) is 7. The number of carbonyl (C=O) groups excluding carboxylic acids is 1. The number of rotatable bonds is 6. The number of benzene rings is 1. The Morgan fingerprint density at radius 1 is 1.24 bits per heavy atom. The van der Waals surface area contributed by atoms with Gasteiger partial charge >= 0.3 is 0 Å². The van der Waals surface area contributed by atoms with Crippen molar-refractivity contribution in [2.75, 3.05) is 24.6 Å². The summed E-state index contributed by atoms with van der Waals surface area (Å²) in [6, 6.07) is 13.0. The first-order valence-corrected chi connectivity index (χ1v) is 12.9. The minimum Gasteiger partial charge on any atom is -0.369 e. The van der Waals surface area contributed by atoms with Crippen LogP contribution in [-0.4, -0.2) is 55.2 Å². The van der Waals surface area contributed by atoms with Gasteiger partial charge in [0.15, 0.2) is 17.2 Å². The molecule has 1 saturated carbocycles. The normalized spacial score (nSPS) is 28.6. The van der Waals surface area contributed by atoms with E-state index in [0.717, 1.165) is 48.7 Å². The molecule has 4 aliphatic rings. The molecule has 6 heterocycles. The summed E-state index contributed by atoms with van der Waals surface area (Å²) >= 11 is 0. The molecule has 0 radical (unpaired) electrons. The zero-order valence-electron chi connectivity index (χ0n) is 21.0. The standard InChI is InChI=1S/C27H30N8O2/c1-17-10-20(33-9-8-26(2,16-33)19-6-4-3-5-7-19)12-35-24(17)29-25(31-35)27-11-18(15-37-27)21(27)13-34-14-22(23(28)36)30-32-34/h3-7,10,12,14,18,21H,8-9,11,13,15-16H2,1-2H3,(H2,28,36)/t18?,21?,26-,27?/m0/s1. The van der Waals surface area contributed by atoms with Crippen LogP contribution < -0.4 is 10.6 Å². The third-order valence-electron chi connectivity index (χ3n) is 8.75. The number of aryl methyl sites for hydroxylation is 1. The van der Waals surface area contributed by atoms with Crippen molar-refractivity contribution in [2.45, 2.75) is 44.2 Å². The highest BCUT2D eigenvalue weighted by molar-refractivity contribution is 5.90. The molecule has 1 aromatic carbocycles. The third kappa shape index (κ3) is 3.38. The van der Waals surface area contributed by atoms with E-state index >= 15 is 0 Å². The van der Waals surface area contributed by atoms with Crippen LogP contribution in [0.2, 0.25) is 0 Å². The zero-order valence-corrected chi connectivity index (χ0v) is 21.0. The van der Waals surface area contributed by atoms with Crippen molar-refractivity contribution in [1.82, 2.24) is 29.6 Å². The van der Waals surface area contributed by atoms with Crippen molar-refractivity contribution >= 4 is 17.2 Å². The van der Waals surface area contributed by atoms with E-state index in [1.165, 1.54) is 5.56 Å². The summed E-state index contributed by atoms with van der Waals surface area (Å²) < 4.78 is 9.91. The number of ether oxygens (including phenoxy) is 1. The number of fused-ring (bicyclic) bond motifs is 2. The molecule has 4 fully saturated rings. The second kappa shape index (κ2) is 7.85. The number of pyridine rings is 1. The van der Waals surface area contributed by atoms with Gasteiger partial charge in [-0.25, -0.2) is 9.50 Å². The number of carbonyl (C=O) groups is 1. The largest absolute Gasteiger partial charge is 0.369 e. The molecule has 3 aromatic heterocycles. The smallest absolute Gasteiger partial charge is 0.270 e. The van der Waals surface area contributed by atoms with Gasteiger partial charge < -0.3 is 15.4 Å². The van der Waals surface area contributed by atoms with E-state index in [1.54, 1.807) is 10.9 Å². The van der Waals surface area contributed by atoms with Crippen LogP contribution in [0.5, 0.6) is 0 Å². The van der Waals surface area contributed by atoms with E-state index in [0.29, 0.717) is 19.1 Å². The molecule has 4 atom stereocenters. The van der Waals surface area contributed by atoms with E-state index in [-0.39, 0.29) is 17.0 Å². The fourth-order valence-electron chi connectivity index (χ4n) is 6.56. The van der Waals surface area contributed by atoms with Crippen LogP contribution in [0.4, 0.5) is 5.69 Å². The Hall–Kier alpha value is -3.79. The Kier molecular flexibility index (Phi) is 4.76. The predicted octanol–water partition coefficient (Wildman–Crippen LogP) is 2.46. The number of anilines is 1. The highest BCUT2D eigenvalue weighted by atomic mass is 16.5. The Labute approximate surface area is 214 Å². The minimum atomic E-state index is -0.579. The van der Waals surface area contributed by atoms with Gasteiger partial charge in [-0.1, -0.05) is 42.5 Å². The summed E-state index contributed by atoms with van der Waals surface area (Å²) in [5.74, 6) is 0.712. The molecular formula is C27H30N8O2. The van der Waals surface area contributed by atoms with Crippen LogP contribution in [0.3, 0.4) is 0 Å². The summed E-state index contributed by atoms with van der Waals surface area (Å²) in [4.78, 5) is 18.8. The molecule has 10 heteroatoms. The predicted molar refractivity (Wildman–Crippen MR) is 136 cm³/mol. The van der Waals surface area contributed by atoms with Crippen LogP contribution in [0.1, 0.15) is 47.2 Å². The van der Waals surface area contributed by atoms with Crippen LogP contribution in [0.15, 0.2) is 48.8 Å². The van der Waals surface area contributed by atoms with Crippen molar-refractivity contribution in [3.8, 4) is 0 Å². The Balaban J connectivity index is 1.17. The summed E-state index contributed by atoms with van der Waals surface area (Å²) in [6.07, 6.45) is 5.69. The first kappa shape index (κ1) is 22.4. The molecule has 1 amide bonds. The Morgan fingerprint density at radius 2 is 2.08 bits per heavy atom. The lowest BCUT2D eigenvalue weighted by Gasteiger charge is -2.42. The van der Waals surface area contributed by atoms with E-state index in [1.807, 2.05) is 4.52 Å². The Bertz CT molecular complexity index is 1510. The zero-order chi connectivity index (χ0) is 25.4. The summed E-state index contributed by atoms with van der Waals surface area (Å²) in [6.45, 7) is 7.67. The molecule has 2 N–H and O–H groups in total. The molecule has 4 aromatic rings. The molecule has 3 saturated heterocycles. The van der Waals surface area contributed by atoms with Gasteiger partial charge in [0.05, 0.1) is 24.7 Å². The van der Waals surface area contributed by atoms with E-state index in [4.69, 9.17) is 20.6 Å².